The Hall–Kier alpha value is -1.03. The lowest BCUT2D eigenvalue weighted by Crippen LogP contribution is -1.95. The zero-order valence-electron chi connectivity index (χ0n) is 6.13. The number of carbonyl (C=O) groups excluding carboxylic acids is 1. The van der Waals surface area contributed by atoms with E-state index in [9.17, 15) is 4.79 Å². The maximum atomic E-state index is 11.0. The second-order valence-electron chi connectivity index (χ2n) is 2.57. The first-order valence-electron chi connectivity index (χ1n) is 3.44. The molecule has 4 heteroatoms. The molecule has 1 aromatic rings. The summed E-state index contributed by atoms with van der Waals surface area (Å²) in [5, 5.41) is 0. The third kappa shape index (κ3) is 0.914. The number of fused-ring (bicyclic) bond motifs is 1. The molecule has 0 radical (unpaired) electrons. The quantitative estimate of drug-likeness (QED) is 0.543. The third-order valence-corrected chi connectivity index (χ3v) is 2.78. The van der Waals surface area contributed by atoms with Crippen LogP contribution in [0.3, 0.4) is 0 Å². The second-order valence-corrected chi connectivity index (χ2v) is 3.36. The predicted molar refractivity (Wildman–Crippen MR) is 47.7 cm³/mol. The maximum absolute atomic E-state index is 11.0. The topological polar surface area (TPSA) is 52.3 Å². The van der Waals surface area contributed by atoms with Gasteiger partial charge in [0.05, 0.1) is 5.56 Å². The highest BCUT2D eigenvalue weighted by Crippen LogP contribution is 2.31. The molecule has 0 spiro atoms. The molecule has 2 rings (SSSR count). The fraction of sp³-hybridized carbons (Fsp3) is 0.125. The molecular weight excluding hydrogens is 222 g/mol. The molecule has 1 aliphatic heterocycles. The highest BCUT2D eigenvalue weighted by molar-refractivity contribution is 9.10. The molecular formula is C8H6BrNO2. The summed E-state index contributed by atoms with van der Waals surface area (Å²) in [7, 11) is 0. The van der Waals surface area contributed by atoms with Crippen LogP contribution in [-0.4, -0.2) is 5.97 Å². The molecule has 0 saturated carbocycles. The van der Waals surface area contributed by atoms with Crippen LogP contribution in [0, 0.1) is 0 Å². The van der Waals surface area contributed by atoms with Crippen molar-refractivity contribution in [3.8, 4) is 0 Å². The Morgan fingerprint density at radius 2 is 2.25 bits per heavy atom. The Morgan fingerprint density at radius 3 is 3.00 bits per heavy atom. The Morgan fingerprint density at radius 1 is 1.50 bits per heavy atom. The fourth-order valence-corrected chi connectivity index (χ4v) is 1.65. The Balaban J connectivity index is 2.68. The van der Waals surface area contributed by atoms with Crippen LogP contribution < -0.4 is 5.73 Å². The van der Waals surface area contributed by atoms with Gasteiger partial charge in [0.15, 0.2) is 0 Å². The number of rotatable bonds is 0. The summed E-state index contributed by atoms with van der Waals surface area (Å²) in [6.45, 7) is 0.319. The Kier molecular flexibility index (Phi) is 1.58. The van der Waals surface area contributed by atoms with Crippen LogP contribution in [-0.2, 0) is 11.3 Å². The van der Waals surface area contributed by atoms with E-state index in [2.05, 4.69) is 15.9 Å². The van der Waals surface area contributed by atoms with Gasteiger partial charge in [0, 0.05) is 15.7 Å². The largest absolute Gasteiger partial charge is 0.457 e. The molecule has 0 unspecified atom stereocenters. The smallest absolute Gasteiger partial charge is 0.338 e. The average molecular weight is 228 g/mol. The molecule has 1 heterocycles. The molecule has 0 atom stereocenters. The molecule has 0 fully saturated rings. The molecule has 1 aromatic carbocycles. The first-order chi connectivity index (χ1) is 5.70. The molecule has 0 bridgehead atoms. The van der Waals surface area contributed by atoms with Crippen LogP contribution in [0.5, 0.6) is 0 Å². The van der Waals surface area contributed by atoms with Crippen molar-refractivity contribution >= 4 is 27.6 Å². The number of halogens is 1. The number of anilines is 1. The van der Waals surface area contributed by atoms with Gasteiger partial charge in [-0.15, -0.1) is 0 Å². The van der Waals surface area contributed by atoms with Gasteiger partial charge in [-0.3, -0.25) is 0 Å². The molecule has 0 saturated heterocycles. The van der Waals surface area contributed by atoms with E-state index in [4.69, 9.17) is 10.5 Å². The monoisotopic (exact) mass is 227 g/mol. The Bertz CT molecular complexity index is 362. The van der Waals surface area contributed by atoms with Gasteiger partial charge in [0.2, 0.25) is 0 Å². The number of carbonyl (C=O) groups is 1. The maximum Gasteiger partial charge on any atom is 0.338 e. The van der Waals surface area contributed by atoms with E-state index in [0.717, 1.165) is 10.0 Å². The molecule has 12 heavy (non-hydrogen) atoms. The summed E-state index contributed by atoms with van der Waals surface area (Å²) in [6, 6.07) is 3.38. The van der Waals surface area contributed by atoms with Crippen molar-refractivity contribution in [3.05, 3.63) is 27.7 Å². The lowest BCUT2D eigenvalue weighted by molar-refractivity contribution is 0.0535. The molecule has 3 nitrogen and oxygen atoms in total. The summed E-state index contributed by atoms with van der Waals surface area (Å²) in [5.41, 5.74) is 7.71. The van der Waals surface area contributed by atoms with E-state index in [1.54, 1.807) is 12.1 Å². The normalized spacial score (nSPS) is 14.2. The molecule has 2 N–H and O–H groups in total. The van der Waals surface area contributed by atoms with E-state index in [1.807, 2.05) is 0 Å². The van der Waals surface area contributed by atoms with Crippen molar-refractivity contribution in [3.63, 3.8) is 0 Å². The number of benzene rings is 1. The van der Waals surface area contributed by atoms with Gasteiger partial charge in [-0.2, -0.15) is 0 Å². The highest BCUT2D eigenvalue weighted by atomic mass is 79.9. The first kappa shape index (κ1) is 7.61. The van der Waals surface area contributed by atoms with E-state index in [1.165, 1.54) is 0 Å². The van der Waals surface area contributed by atoms with E-state index >= 15 is 0 Å². The van der Waals surface area contributed by atoms with Crippen molar-refractivity contribution < 1.29 is 9.53 Å². The summed E-state index contributed by atoms with van der Waals surface area (Å²) >= 11 is 3.30. The molecule has 0 aliphatic carbocycles. The predicted octanol–water partition coefficient (Wildman–Crippen LogP) is 1.70. The number of hydrogen-bond acceptors (Lipinski definition) is 3. The number of ether oxygens (including phenoxy) is 1. The minimum Gasteiger partial charge on any atom is -0.457 e. The molecule has 1 aliphatic rings. The lowest BCUT2D eigenvalue weighted by Gasteiger charge is -2.00. The van der Waals surface area contributed by atoms with E-state index in [-0.39, 0.29) is 5.97 Å². The van der Waals surface area contributed by atoms with Crippen LogP contribution >= 0.6 is 15.9 Å². The highest BCUT2D eigenvalue weighted by Gasteiger charge is 2.23. The van der Waals surface area contributed by atoms with Gasteiger partial charge in [0.1, 0.15) is 6.61 Å². The van der Waals surface area contributed by atoms with Gasteiger partial charge in [-0.05, 0) is 28.1 Å². The minimum atomic E-state index is -0.272. The SMILES string of the molecule is Nc1ccc2c(c1Br)COC2=O. The van der Waals surface area contributed by atoms with Gasteiger partial charge in [-0.25, -0.2) is 4.79 Å². The van der Waals surface area contributed by atoms with Crippen LogP contribution in [0.4, 0.5) is 5.69 Å². The average Bonchev–Trinajstić information content (AvgIpc) is 2.41. The number of esters is 1. The van der Waals surface area contributed by atoms with Crippen molar-refractivity contribution in [2.24, 2.45) is 0 Å². The number of cyclic esters (lactones) is 1. The van der Waals surface area contributed by atoms with Gasteiger partial charge in [0.25, 0.3) is 0 Å². The summed E-state index contributed by atoms with van der Waals surface area (Å²) in [4.78, 5) is 11.0. The Labute approximate surface area is 77.6 Å². The van der Waals surface area contributed by atoms with Crippen molar-refractivity contribution in [1.82, 2.24) is 0 Å². The van der Waals surface area contributed by atoms with Crippen molar-refractivity contribution in [2.45, 2.75) is 6.61 Å². The van der Waals surface area contributed by atoms with Crippen molar-refractivity contribution in [1.29, 1.82) is 0 Å². The first-order valence-corrected chi connectivity index (χ1v) is 4.23. The number of nitrogen functional groups attached to an aromatic ring is 1. The molecule has 0 aromatic heterocycles. The lowest BCUT2D eigenvalue weighted by atomic mass is 10.1. The van der Waals surface area contributed by atoms with Crippen LogP contribution in [0.1, 0.15) is 15.9 Å². The zero-order valence-corrected chi connectivity index (χ0v) is 7.72. The standard InChI is InChI=1S/C8H6BrNO2/c9-7-5-3-12-8(11)4(5)1-2-6(7)10/h1-2H,3,10H2. The van der Waals surface area contributed by atoms with Gasteiger partial charge >= 0.3 is 5.97 Å². The summed E-state index contributed by atoms with van der Waals surface area (Å²) in [6.07, 6.45) is 0. The minimum absolute atomic E-state index is 0.272. The van der Waals surface area contributed by atoms with Crippen LogP contribution in [0.15, 0.2) is 16.6 Å². The van der Waals surface area contributed by atoms with Crippen LogP contribution in [0.2, 0.25) is 0 Å². The van der Waals surface area contributed by atoms with Gasteiger partial charge in [-0.1, -0.05) is 0 Å². The zero-order chi connectivity index (χ0) is 8.72. The third-order valence-electron chi connectivity index (χ3n) is 1.84. The van der Waals surface area contributed by atoms with Gasteiger partial charge < -0.3 is 10.5 Å². The molecule has 62 valence electrons. The summed E-state index contributed by atoms with van der Waals surface area (Å²) in [5.74, 6) is -0.272. The number of nitrogens with two attached hydrogens (primary N) is 1. The van der Waals surface area contributed by atoms with E-state index < -0.39 is 0 Å². The summed E-state index contributed by atoms with van der Waals surface area (Å²) < 4.78 is 5.60. The number of hydrogen-bond donors (Lipinski definition) is 1. The molecule has 0 amide bonds. The second kappa shape index (κ2) is 2.48. The fourth-order valence-electron chi connectivity index (χ4n) is 1.19. The van der Waals surface area contributed by atoms with Crippen molar-refractivity contribution in [2.75, 3.05) is 5.73 Å². The van der Waals surface area contributed by atoms with Crippen LogP contribution in [0.25, 0.3) is 0 Å². The van der Waals surface area contributed by atoms with E-state index in [0.29, 0.717) is 17.9 Å².